The Morgan fingerprint density at radius 2 is 1.82 bits per heavy atom. The van der Waals surface area contributed by atoms with E-state index < -0.39 is 39.7 Å². The van der Waals surface area contributed by atoms with E-state index in [4.69, 9.17) is 15.3 Å². The molecule has 2 aromatic carbocycles. The number of piperidine rings is 1. The predicted molar refractivity (Wildman–Crippen MR) is 126 cm³/mol. The van der Waals surface area contributed by atoms with Crippen LogP contribution >= 0.6 is 15.9 Å². The molecular formula is C22H23BrFN3O6S. The first-order valence-electron chi connectivity index (χ1n) is 10.2. The van der Waals surface area contributed by atoms with Crippen LogP contribution in [0, 0.1) is 11.2 Å². The normalized spacial score (nSPS) is 16.0. The van der Waals surface area contributed by atoms with Crippen molar-refractivity contribution >= 4 is 43.7 Å². The summed E-state index contributed by atoms with van der Waals surface area (Å²) >= 11 is 3.26. The second-order valence-corrected chi connectivity index (χ2v) is 10.8. The maximum absolute atomic E-state index is 13.6. The molecule has 1 fully saturated rings. The van der Waals surface area contributed by atoms with E-state index in [0.717, 1.165) is 6.26 Å². The molecule has 0 atom stereocenters. The first-order valence-corrected chi connectivity index (χ1v) is 12.8. The molecule has 1 amide bonds. The van der Waals surface area contributed by atoms with Crippen molar-refractivity contribution in [2.45, 2.75) is 18.3 Å². The Morgan fingerprint density at radius 1 is 1.21 bits per heavy atom. The lowest BCUT2D eigenvalue weighted by Gasteiger charge is -2.41. The number of sulfonamides is 1. The van der Waals surface area contributed by atoms with Crippen LogP contribution in [0.5, 0.6) is 5.75 Å². The number of nitrogens with one attached hydrogen (secondary N) is 2. The lowest BCUT2D eigenvalue weighted by Crippen LogP contribution is -2.53. The van der Waals surface area contributed by atoms with Gasteiger partial charge in [-0.1, -0.05) is 28.1 Å². The first-order chi connectivity index (χ1) is 15.9. The smallest absolute Gasteiger partial charge is 0.341 e. The maximum atomic E-state index is 13.6. The number of carboxylic acids is 1. The van der Waals surface area contributed by atoms with E-state index in [1.54, 1.807) is 6.07 Å². The molecule has 182 valence electrons. The van der Waals surface area contributed by atoms with E-state index in [-0.39, 0.29) is 43.1 Å². The highest BCUT2D eigenvalue weighted by atomic mass is 79.9. The maximum Gasteiger partial charge on any atom is 0.341 e. The van der Waals surface area contributed by atoms with E-state index in [9.17, 15) is 22.4 Å². The third-order valence-electron chi connectivity index (χ3n) is 5.70. The van der Waals surface area contributed by atoms with Crippen molar-refractivity contribution in [3.8, 4) is 5.75 Å². The van der Waals surface area contributed by atoms with Crippen molar-refractivity contribution in [2.75, 3.05) is 26.0 Å². The van der Waals surface area contributed by atoms with Crippen LogP contribution < -0.4 is 10.1 Å². The van der Waals surface area contributed by atoms with Gasteiger partial charge < -0.3 is 15.2 Å². The van der Waals surface area contributed by atoms with Crippen LogP contribution in [0.25, 0.3) is 0 Å². The summed E-state index contributed by atoms with van der Waals surface area (Å²) < 4.78 is 44.6. The molecule has 1 aliphatic heterocycles. The van der Waals surface area contributed by atoms with Gasteiger partial charge in [-0.25, -0.2) is 21.9 Å². The Labute approximate surface area is 204 Å². The van der Waals surface area contributed by atoms with Crippen molar-refractivity contribution < 1.29 is 32.2 Å². The third-order valence-corrected chi connectivity index (χ3v) is 7.49. The zero-order chi connectivity index (χ0) is 25.1. The second-order valence-electron chi connectivity index (χ2n) is 7.90. The molecule has 34 heavy (non-hydrogen) atoms. The van der Waals surface area contributed by atoms with Gasteiger partial charge in [-0.05, 0) is 48.7 Å². The number of hydrogen-bond acceptors (Lipinski definition) is 6. The van der Waals surface area contributed by atoms with Gasteiger partial charge in [-0.2, -0.15) is 0 Å². The van der Waals surface area contributed by atoms with Crippen LogP contribution in [0.15, 0.2) is 46.9 Å². The van der Waals surface area contributed by atoms with Crippen molar-refractivity contribution in [3.63, 3.8) is 0 Å². The molecule has 0 unspecified atom stereocenters. The Kier molecular flexibility index (Phi) is 7.74. The summed E-state index contributed by atoms with van der Waals surface area (Å²) in [5.41, 5.74) is -0.467. The zero-order valence-electron chi connectivity index (χ0n) is 18.2. The SMILES string of the molecule is CS(=O)(=O)N1CCC(C(=N)NC(=O)c2cc(Br)ccc2OCC(=O)O)(c2ccc(F)cc2)CC1. The number of amidine groups is 1. The number of rotatable bonds is 7. The fourth-order valence-electron chi connectivity index (χ4n) is 3.90. The molecule has 1 aliphatic rings. The highest BCUT2D eigenvalue weighted by Crippen LogP contribution is 2.37. The summed E-state index contributed by atoms with van der Waals surface area (Å²) in [6.45, 7) is -0.406. The minimum Gasteiger partial charge on any atom is -0.481 e. The monoisotopic (exact) mass is 555 g/mol. The van der Waals surface area contributed by atoms with E-state index in [1.165, 1.54) is 40.7 Å². The van der Waals surface area contributed by atoms with Gasteiger partial charge in [0.25, 0.3) is 5.91 Å². The topological polar surface area (TPSA) is 137 Å². The lowest BCUT2D eigenvalue weighted by molar-refractivity contribution is -0.139. The van der Waals surface area contributed by atoms with Gasteiger partial charge in [0.15, 0.2) is 6.61 Å². The van der Waals surface area contributed by atoms with Crippen molar-refractivity contribution in [1.29, 1.82) is 5.41 Å². The summed E-state index contributed by atoms with van der Waals surface area (Å²) in [5.74, 6) is -2.52. The minimum absolute atomic E-state index is 0.0169. The number of carboxylic acid groups (broad SMARTS) is 1. The minimum atomic E-state index is -3.43. The average Bonchev–Trinajstić information content (AvgIpc) is 2.78. The molecular weight excluding hydrogens is 533 g/mol. The second kappa shape index (κ2) is 10.2. The number of amides is 1. The number of carbonyl (C=O) groups is 2. The molecule has 0 radical (unpaired) electrons. The molecule has 1 saturated heterocycles. The Morgan fingerprint density at radius 3 is 2.38 bits per heavy atom. The van der Waals surface area contributed by atoms with Crippen molar-refractivity contribution in [3.05, 3.63) is 63.9 Å². The summed E-state index contributed by atoms with van der Waals surface area (Å²) in [7, 11) is -3.43. The summed E-state index contributed by atoms with van der Waals surface area (Å²) in [6.07, 6.45) is 1.51. The molecule has 3 N–H and O–H groups in total. The van der Waals surface area contributed by atoms with Gasteiger partial charge in [0.05, 0.1) is 17.2 Å². The number of benzene rings is 2. The molecule has 12 heteroatoms. The number of halogens is 2. The van der Waals surface area contributed by atoms with Crippen LogP contribution in [-0.4, -0.2) is 61.5 Å². The fourth-order valence-corrected chi connectivity index (χ4v) is 5.10. The molecule has 0 aromatic heterocycles. The molecule has 0 aliphatic carbocycles. The van der Waals surface area contributed by atoms with Gasteiger partial charge >= 0.3 is 5.97 Å². The zero-order valence-corrected chi connectivity index (χ0v) is 20.6. The van der Waals surface area contributed by atoms with E-state index in [1.807, 2.05) is 0 Å². The predicted octanol–water partition coefficient (Wildman–Crippen LogP) is 2.75. The molecule has 9 nitrogen and oxygen atoms in total. The van der Waals surface area contributed by atoms with Gasteiger partial charge in [-0.3, -0.25) is 10.2 Å². The number of aliphatic carboxylic acids is 1. The lowest BCUT2D eigenvalue weighted by atomic mass is 9.72. The van der Waals surface area contributed by atoms with Gasteiger partial charge in [0.2, 0.25) is 10.0 Å². The summed E-state index contributed by atoms with van der Waals surface area (Å²) in [6, 6.07) is 10.0. The van der Waals surface area contributed by atoms with Crippen molar-refractivity contribution in [2.24, 2.45) is 0 Å². The summed E-state index contributed by atoms with van der Waals surface area (Å²) in [5, 5.41) is 20.2. The van der Waals surface area contributed by atoms with Crippen molar-refractivity contribution in [1.82, 2.24) is 9.62 Å². The third kappa shape index (κ3) is 5.80. The first kappa shape index (κ1) is 25.8. The van der Waals surface area contributed by atoms with E-state index in [2.05, 4.69) is 21.2 Å². The van der Waals surface area contributed by atoms with Crippen LogP contribution in [0.4, 0.5) is 4.39 Å². The standard InChI is InChI=1S/C22H23BrFN3O6S/c1-34(31,32)27-10-8-22(9-11-27,14-2-5-16(24)6-3-14)21(25)26-20(30)17-12-15(23)4-7-18(17)33-13-19(28)29/h2-7,12H,8-11,13H2,1H3,(H,28,29)(H2,25,26,30). The molecule has 0 spiro atoms. The van der Waals surface area contributed by atoms with Gasteiger partial charge in [0, 0.05) is 17.6 Å². The highest BCUT2D eigenvalue weighted by molar-refractivity contribution is 9.10. The van der Waals surface area contributed by atoms with Crippen LogP contribution in [-0.2, 0) is 20.2 Å². The van der Waals surface area contributed by atoms with Crippen LogP contribution in [0.2, 0.25) is 0 Å². The molecule has 2 aromatic rings. The number of ether oxygens (including phenoxy) is 1. The largest absolute Gasteiger partial charge is 0.481 e. The van der Waals surface area contributed by atoms with Crippen LogP contribution in [0.3, 0.4) is 0 Å². The molecule has 3 rings (SSSR count). The molecule has 0 bridgehead atoms. The van der Waals surface area contributed by atoms with E-state index >= 15 is 0 Å². The highest BCUT2D eigenvalue weighted by Gasteiger charge is 2.43. The average molecular weight is 556 g/mol. The number of nitrogens with zero attached hydrogens (tertiary/aromatic N) is 1. The van der Waals surface area contributed by atoms with Crippen LogP contribution in [0.1, 0.15) is 28.8 Å². The molecule has 1 heterocycles. The molecule has 0 saturated carbocycles. The van der Waals surface area contributed by atoms with E-state index in [0.29, 0.717) is 10.0 Å². The van der Waals surface area contributed by atoms with Gasteiger partial charge in [0.1, 0.15) is 17.4 Å². The fraction of sp³-hybridized carbons (Fsp3) is 0.318. The Hall–Kier alpha value is -2.83. The Balaban J connectivity index is 1.91. The summed E-state index contributed by atoms with van der Waals surface area (Å²) in [4.78, 5) is 24.0. The van der Waals surface area contributed by atoms with Gasteiger partial charge in [-0.15, -0.1) is 0 Å². The Bertz CT molecular complexity index is 1210. The quantitative estimate of drug-likeness (QED) is 0.355. The number of hydrogen-bond donors (Lipinski definition) is 3. The number of carbonyl (C=O) groups excluding carboxylic acids is 1.